The van der Waals surface area contributed by atoms with E-state index in [4.69, 9.17) is 21.8 Å². The van der Waals surface area contributed by atoms with Gasteiger partial charge in [-0.3, -0.25) is 0 Å². The molecule has 1 fully saturated rings. The minimum absolute atomic E-state index is 0.486. The predicted molar refractivity (Wildman–Crippen MR) is 34.8 cm³/mol. The molecule has 0 aliphatic carbocycles. The molecule has 1 saturated heterocycles. The van der Waals surface area contributed by atoms with Crippen LogP contribution in [-0.4, -0.2) is 58.0 Å². The molecule has 1 rings (SSSR count). The number of aliphatic hydroxyl groups is 4. The van der Waals surface area contributed by atoms with E-state index < -0.39 is 37.6 Å². The van der Waals surface area contributed by atoms with Gasteiger partial charge >= 0.3 is 0 Å². The summed E-state index contributed by atoms with van der Waals surface area (Å²) in [6.07, 6.45) is -5.20. The molecule has 5 nitrogen and oxygen atoms in total. The first-order valence-corrected chi connectivity index (χ1v) is 3.30. The fourth-order valence-electron chi connectivity index (χ4n) is 0.915. The van der Waals surface area contributed by atoms with Crippen molar-refractivity contribution in [3.8, 4) is 0 Å². The Labute approximate surface area is 65.3 Å². The van der Waals surface area contributed by atoms with E-state index >= 15 is 0 Å². The normalized spacial score (nSPS) is 53.8. The Bertz CT molecular complexity index is 150. The van der Waals surface area contributed by atoms with E-state index in [9.17, 15) is 0 Å². The first-order chi connectivity index (χ1) is 5.57. The van der Waals surface area contributed by atoms with Crippen molar-refractivity contribution >= 4 is 0 Å². The predicted octanol–water partition coefficient (Wildman–Crippen LogP) is -2.54. The smallest absolute Gasteiger partial charge is 0.111 e. The van der Waals surface area contributed by atoms with Crippen molar-refractivity contribution in [1.29, 1.82) is 0 Å². The Morgan fingerprint density at radius 3 is 2.55 bits per heavy atom. The quantitative estimate of drug-likeness (QED) is 0.344. The van der Waals surface area contributed by atoms with E-state index in [1.165, 1.54) is 0 Å². The maximum absolute atomic E-state index is 9.15. The Morgan fingerprint density at radius 2 is 2.00 bits per heavy atom. The molecular weight excluding hydrogens is 152 g/mol. The van der Waals surface area contributed by atoms with Crippen LogP contribution >= 0.6 is 0 Å². The Balaban J connectivity index is 2.63. The zero-order valence-corrected chi connectivity index (χ0v) is 5.79. The highest BCUT2D eigenvalue weighted by Crippen LogP contribution is 2.14. The monoisotopic (exact) mass is 166 g/mol. The van der Waals surface area contributed by atoms with E-state index in [-0.39, 0.29) is 0 Å². The van der Waals surface area contributed by atoms with Gasteiger partial charge in [0.05, 0.1) is 14.6 Å². The molecule has 1 aliphatic rings. The molecule has 11 heavy (non-hydrogen) atoms. The number of hydrogen-bond acceptors (Lipinski definition) is 5. The van der Waals surface area contributed by atoms with E-state index in [0.717, 1.165) is 0 Å². The molecule has 4 N–H and O–H groups in total. The summed E-state index contributed by atoms with van der Waals surface area (Å²) in [5.41, 5.74) is 0. The van der Waals surface area contributed by atoms with Gasteiger partial charge in [-0.15, -0.1) is 0 Å². The lowest BCUT2D eigenvalue weighted by Crippen LogP contribution is -2.53. The van der Waals surface area contributed by atoms with Crippen LogP contribution < -0.4 is 0 Å². The number of aliphatic hydroxyl groups excluding tert-OH is 4. The second-order valence-corrected chi connectivity index (χ2v) is 2.46. The van der Waals surface area contributed by atoms with Gasteiger partial charge in [-0.1, -0.05) is 0 Å². The van der Waals surface area contributed by atoms with Gasteiger partial charge in [-0.2, -0.15) is 0 Å². The van der Waals surface area contributed by atoms with Gasteiger partial charge < -0.3 is 25.2 Å². The second kappa shape index (κ2) is 3.46. The summed E-state index contributed by atoms with van der Waals surface area (Å²) in [5, 5.41) is 35.9. The molecule has 0 spiro atoms. The summed E-state index contributed by atoms with van der Waals surface area (Å²) < 4.78 is 11.8. The van der Waals surface area contributed by atoms with Crippen LogP contribution in [0, 0.1) is 0 Å². The molecule has 0 bridgehead atoms. The Kier molecular flexibility index (Phi) is 2.35. The fraction of sp³-hybridized carbons (Fsp3) is 1.00. The van der Waals surface area contributed by atoms with Crippen LogP contribution in [0.25, 0.3) is 0 Å². The lowest BCUT2D eigenvalue weighted by molar-refractivity contribution is -0.195. The molecule has 0 aromatic rings. The average Bonchev–Trinajstić information content (AvgIpc) is 2.08. The van der Waals surface area contributed by atoms with Crippen molar-refractivity contribution in [3.63, 3.8) is 0 Å². The molecule has 1 aliphatic heterocycles. The molecular formula is C6H12O5. The largest absolute Gasteiger partial charge is 0.394 e. The van der Waals surface area contributed by atoms with Gasteiger partial charge in [0.2, 0.25) is 0 Å². The van der Waals surface area contributed by atoms with Gasteiger partial charge in [-0.25, -0.2) is 0 Å². The van der Waals surface area contributed by atoms with Crippen LogP contribution in [-0.2, 0) is 4.74 Å². The minimum Gasteiger partial charge on any atom is -0.394 e. The third kappa shape index (κ3) is 1.69. The Hall–Kier alpha value is -0.200. The molecule has 0 radical (unpaired) electrons. The SMILES string of the molecule is [3H]C1O[C@H](CO)[C@H](O)[C@H](O)[C@H]1O. The first kappa shape index (κ1) is 7.45. The maximum Gasteiger partial charge on any atom is 0.111 e. The minimum atomic E-state index is -1.43. The van der Waals surface area contributed by atoms with E-state index in [1.807, 2.05) is 0 Å². The fourth-order valence-corrected chi connectivity index (χ4v) is 0.915. The van der Waals surface area contributed by atoms with Crippen molar-refractivity contribution in [2.45, 2.75) is 24.4 Å². The molecule has 0 aromatic heterocycles. The third-order valence-corrected chi connectivity index (χ3v) is 1.65. The van der Waals surface area contributed by atoms with Crippen LogP contribution in [0.3, 0.4) is 0 Å². The first-order valence-electron chi connectivity index (χ1n) is 3.88. The van der Waals surface area contributed by atoms with Crippen LogP contribution in [0.1, 0.15) is 1.37 Å². The Morgan fingerprint density at radius 1 is 1.36 bits per heavy atom. The van der Waals surface area contributed by atoms with Gasteiger partial charge in [0.1, 0.15) is 24.4 Å². The molecule has 1 unspecified atom stereocenters. The summed E-state index contributed by atoms with van der Waals surface area (Å²) >= 11 is 0. The summed E-state index contributed by atoms with van der Waals surface area (Å²) in [5.74, 6) is 0. The van der Waals surface area contributed by atoms with Gasteiger partial charge in [0.25, 0.3) is 0 Å². The lowest BCUT2D eigenvalue weighted by atomic mass is 10.0. The zero-order chi connectivity index (χ0) is 9.30. The van der Waals surface area contributed by atoms with Crippen molar-refractivity contribution in [2.75, 3.05) is 13.2 Å². The molecule has 0 saturated carbocycles. The zero-order valence-electron chi connectivity index (χ0n) is 6.79. The number of rotatable bonds is 1. The van der Waals surface area contributed by atoms with Gasteiger partial charge in [-0.05, 0) is 0 Å². The maximum atomic E-state index is 9.15. The van der Waals surface area contributed by atoms with Crippen molar-refractivity contribution < 1.29 is 26.5 Å². The van der Waals surface area contributed by atoms with Crippen LogP contribution in [0.4, 0.5) is 0 Å². The molecule has 1 heterocycles. The molecule has 0 aromatic carbocycles. The van der Waals surface area contributed by atoms with Crippen LogP contribution in [0.5, 0.6) is 0 Å². The molecule has 66 valence electrons. The molecule has 5 atom stereocenters. The summed E-state index contributed by atoms with van der Waals surface area (Å²) in [7, 11) is 0. The third-order valence-electron chi connectivity index (χ3n) is 1.65. The van der Waals surface area contributed by atoms with E-state index in [2.05, 4.69) is 4.74 Å². The highest BCUT2D eigenvalue weighted by Gasteiger charge is 2.36. The highest BCUT2D eigenvalue weighted by molar-refractivity contribution is 4.85. The van der Waals surface area contributed by atoms with Gasteiger partial charge in [0.15, 0.2) is 0 Å². The average molecular weight is 166 g/mol. The topological polar surface area (TPSA) is 90.2 Å². The van der Waals surface area contributed by atoms with Crippen LogP contribution in [0.2, 0.25) is 0 Å². The highest BCUT2D eigenvalue weighted by atomic mass is 16.5. The molecule has 0 amide bonds. The summed E-state index contributed by atoms with van der Waals surface area (Å²) in [6.45, 7) is -1.80. The summed E-state index contributed by atoms with van der Waals surface area (Å²) in [4.78, 5) is 0. The number of hydrogen-bond donors (Lipinski definition) is 4. The van der Waals surface area contributed by atoms with Crippen molar-refractivity contribution in [2.24, 2.45) is 0 Å². The summed E-state index contributed by atoms with van der Waals surface area (Å²) in [6, 6.07) is 0. The van der Waals surface area contributed by atoms with E-state index in [1.54, 1.807) is 0 Å². The number of ether oxygens (including phenoxy) is 1. The molecule has 5 heteroatoms. The van der Waals surface area contributed by atoms with Crippen molar-refractivity contribution in [1.82, 2.24) is 0 Å². The van der Waals surface area contributed by atoms with Crippen molar-refractivity contribution in [3.05, 3.63) is 0 Å². The lowest BCUT2D eigenvalue weighted by Gasteiger charge is -2.34. The van der Waals surface area contributed by atoms with Crippen LogP contribution in [0.15, 0.2) is 0 Å². The second-order valence-electron chi connectivity index (χ2n) is 2.46. The van der Waals surface area contributed by atoms with Gasteiger partial charge in [0, 0.05) is 0 Å². The standard InChI is InChI=1S/C6H12O5/c7-1-4-6(10)5(9)3(8)2-11-4/h3-10H,1-2H2/t3-,4+,5+,6-/m0/s1/i2T/t2?,3-,4+,5+,6-. The van der Waals surface area contributed by atoms with E-state index in [0.29, 0.717) is 0 Å².